The highest BCUT2D eigenvalue weighted by molar-refractivity contribution is 7.07. The van der Waals surface area contributed by atoms with E-state index in [1.807, 2.05) is 22.1 Å². The molecular formula is C27H29F3N4O2S. The summed E-state index contributed by atoms with van der Waals surface area (Å²) in [6, 6.07) is 9.24. The van der Waals surface area contributed by atoms with Gasteiger partial charge < -0.3 is 14.6 Å². The lowest BCUT2D eigenvalue weighted by atomic mass is 10.1. The van der Waals surface area contributed by atoms with E-state index in [0.717, 1.165) is 56.6 Å². The molecule has 3 aromatic rings. The van der Waals surface area contributed by atoms with Gasteiger partial charge in [-0.15, -0.1) is 24.5 Å². The van der Waals surface area contributed by atoms with Crippen LogP contribution < -0.4 is 14.9 Å². The van der Waals surface area contributed by atoms with Crippen LogP contribution in [0.25, 0.3) is 17.3 Å². The summed E-state index contributed by atoms with van der Waals surface area (Å²) in [5.74, 6) is -0.679. The number of thiazole rings is 1. The second kappa shape index (κ2) is 12.3. The van der Waals surface area contributed by atoms with Gasteiger partial charge in [-0.2, -0.15) is 4.99 Å². The molecule has 2 aromatic heterocycles. The topological polar surface area (TPSA) is 68.5 Å². The SMILES string of the molecule is CCCCNCCCn1c(-c2ccc(OC(F)(F)F)cc2)csc1=NC(=O)c1ccc(C=C2CC2)nc1. The number of amides is 1. The first-order valence-electron chi connectivity index (χ1n) is 12.3. The van der Waals surface area contributed by atoms with Crippen LogP contribution in [0.3, 0.4) is 0 Å². The Morgan fingerprint density at radius 2 is 1.92 bits per heavy atom. The summed E-state index contributed by atoms with van der Waals surface area (Å²) in [4.78, 5) is 22.2. The van der Waals surface area contributed by atoms with Gasteiger partial charge in [0.05, 0.1) is 17.0 Å². The zero-order valence-electron chi connectivity index (χ0n) is 20.6. The number of hydrogen-bond acceptors (Lipinski definition) is 5. The maximum Gasteiger partial charge on any atom is 0.573 e. The van der Waals surface area contributed by atoms with Crippen molar-refractivity contribution in [3.05, 3.63) is 69.6 Å². The normalized spacial score (nSPS) is 13.6. The van der Waals surface area contributed by atoms with Gasteiger partial charge in [-0.05, 0) is 86.8 Å². The number of ether oxygens (including phenoxy) is 1. The van der Waals surface area contributed by atoms with Crippen molar-refractivity contribution in [2.45, 2.75) is 51.9 Å². The first kappa shape index (κ1) is 26.8. The Bertz CT molecular complexity index is 1290. The molecule has 0 saturated heterocycles. The molecule has 1 aliphatic rings. The second-order valence-corrected chi connectivity index (χ2v) is 9.61. The number of halogens is 3. The Morgan fingerprint density at radius 3 is 2.57 bits per heavy atom. The Hall–Kier alpha value is -3.24. The second-order valence-electron chi connectivity index (χ2n) is 8.78. The van der Waals surface area contributed by atoms with Crippen molar-refractivity contribution in [2.24, 2.45) is 4.99 Å². The first-order chi connectivity index (χ1) is 17.8. The van der Waals surface area contributed by atoms with Crippen molar-refractivity contribution in [3.63, 3.8) is 0 Å². The van der Waals surface area contributed by atoms with Crippen molar-refractivity contribution >= 4 is 23.3 Å². The quantitative estimate of drug-likeness (QED) is 0.300. The van der Waals surface area contributed by atoms with E-state index in [-0.39, 0.29) is 5.75 Å². The molecule has 6 nitrogen and oxygen atoms in total. The number of aromatic nitrogens is 2. The summed E-state index contributed by atoms with van der Waals surface area (Å²) in [6.07, 6.45) is 4.04. The lowest BCUT2D eigenvalue weighted by molar-refractivity contribution is -0.274. The average molecular weight is 531 g/mol. The molecule has 0 bridgehead atoms. The van der Waals surface area contributed by atoms with Crippen molar-refractivity contribution < 1.29 is 22.7 Å². The molecule has 4 rings (SSSR count). The molecule has 1 aromatic carbocycles. The van der Waals surface area contributed by atoms with E-state index in [1.54, 1.807) is 18.2 Å². The van der Waals surface area contributed by atoms with Crippen LogP contribution >= 0.6 is 11.3 Å². The van der Waals surface area contributed by atoms with E-state index >= 15 is 0 Å². The van der Waals surface area contributed by atoms with Gasteiger partial charge in [0.1, 0.15) is 5.75 Å². The van der Waals surface area contributed by atoms with Crippen LogP contribution in [-0.2, 0) is 6.54 Å². The van der Waals surface area contributed by atoms with E-state index in [9.17, 15) is 18.0 Å². The zero-order valence-corrected chi connectivity index (χ0v) is 21.4. The molecule has 0 radical (unpaired) electrons. The summed E-state index contributed by atoms with van der Waals surface area (Å²) < 4.78 is 43.6. The number of nitrogens with zero attached hydrogens (tertiary/aromatic N) is 3. The molecule has 1 N–H and O–H groups in total. The standard InChI is InChI=1S/C27H29F3N4O2S/c1-2-3-13-31-14-4-15-34-24(20-8-11-23(12-9-20)36-27(28,29)30)18-37-26(34)33-25(35)21-7-10-22(32-17-21)16-19-5-6-19/h7-12,16-18,31H,2-6,13-15H2,1H3. The molecule has 0 atom stereocenters. The van der Waals surface area contributed by atoms with Gasteiger partial charge in [0.2, 0.25) is 0 Å². The third-order valence-corrected chi connectivity index (χ3v) is 6.61. The van der Waals surface area contributed by atoms with E-state index in [4.69, 9.17) is 0 Å². The highest BCUT2D eigenvalue weighted by Crippen LogP contribution is 2.29. The molecule has 196 valence electrons. The Balaban J connectivity index is 1.56. The number of alkyl halides is 3. The van der Waals surface area contributed by atoms with E-state index in [0.29, 0.717) is 22.5 Å². The molecule has 1 aliphatic carbocycles. The van der Waals surface area contributed by atoms with E-state index in [2.05, 4.69) is 27.0 Å². The third-order valence-electron chi connectivity index (χ3n) is 5.74. The number of hydrogen-bond donors (Lipinski definition) is 1. The van der Waals surface area contributed by atoms with E-state index in [1.165, 1.54) is 35.2 Å². The zero-order chi connectivity index (χ0) is 26.3. The lowest BCUT2D eigenvalue weighted by Crippen LogP contribution is -2.22. The summed E-state index contributed by atoms with van der Waals surface area (Å²) in [7, 11) is 0. The molecule has 2 heterocycles. The highest BCUT2D eigenvalue weighted by atomic mass is 32.1. The van der Waals surface area contributed by atoms with Gasteiger partial charge in [-0.1, -0.05) is 18.9 Å². The van der Waals surface area contributed by atoms with Crippen LogP contribution in [-0.4, -0.2) is 34.9 Å². The number of benzene rings is 1. The maximum atomic E-state index is 12.9. The molecule has 1 amide bonds. The summed E-state index contributed by atoms with van der Waals surface area (Å²) in [5, 5.41) is 5.26. The molecule has 0 aliphatic heterocycles. The predicted molar refractivity (Wildman–Crippen MR) is 138 cm³/mol. The van der Waals surface area contributed by atoms with Gasteiger partial charge in [0.25, 0.3) is 5.91 Å². The minimum absolute atomic E-state index is 0.286. The number of pyridine rings is 1. The summed E-state index contributed by atoms with van der Waals surface area (Å²) in [6.45, 7) is 4.47. The molecular weight excluding hydrogens is 501 g/mol. The summed E-state index contributed by atoms with van der Waals surface area (Å²) >= 11 is 1.31. The maximum absolute atomic E-state index is 12.9. The van der Waals surface area contributed by atoms with Crippen LogP contribution in [0.4, 0.5) is 13.2 Å². The minimum Gasteiger partial charge on any atom is -0.406 e. The third kappa shape index (κ3) is 8.13. The Kier molecular flexibility index (Phi) is 8.94. The van der Waals surface area contributed by atoms with Crippen LogP contribution in [0.5, 0.6) is 5.75 Å². The monoisotopic (exact) mass is 530 g/mol. The molecule has 10 heteroatoms. The predicted octanol–water partition coefficient (Wildman–Crippen LogP) is 6.21. The number of nitrogens with one attached hydrogen (secondary N) is 1. The summed E-state index contributed by atoms with van der Waals surface area (Å²) in [5.41, 5.74) is 4.05. The van der Waals surface area contributed by atoms with Crippen molar-refractivity contribution in [2.75, 3.05) is 13.1 Å². The van der Waals surface area contributed by atoms with Gasteiger partial charge in [-0.3, -0.25) is 9.78 Å². The van der Waals surface area contributed by atoms with Crippen molar-refractivity contribution in [1.82, 2.24) is 14.9 Å². The van der Waals surface area contributed by atoms with Crippen LogP contribution in [0.1, 0.15) is 55.1 Å². The molecule has 1 fully saturated rings. The van der Waals surface area contributed by atoms with Gasteiger partial charge in [-0.25, -0.2) is 0 Å². The number of carbonyl (C=O) groups excluding carboxylic acids is 1. The van der Waals surface area contributed by atoms with Gasteiger partial charge in [0, 0.05) is 18.1 Å². The number of allylic oxidation sites excluding steroid dienone is 1. The van der Waals surface area contributed by atoms with Crippen LogP contribution in [0, 0.1) is 0 Å². The first-order valence-corrected chi connectivity index (χ1v) is 13.2. The molecule has 1 saturated carbocycles. The minimum atomic E-state index is -4.75. The van der Waals surface area contributed by atoms with Crippen LogP contribution in [0.15, 0.2) is 58.5 Å². The highest BCUT2D eigenvalue weighted by Gasteiger charge is 2.31. The number of carbonyl (C=O) groups is 1. The van der Waals surface area contributed by atoms with E-state index < -0.39 is 12.3 Å². The fourth-order valence-corrected chi connectivity index (χ4v) is 4.61. The molecule has 0 spiro atoms. The Morgan fingerprint density at radius 1 is 1.16 bits per heavy atom. The van der Waals surface area contributed by atoms with Crippen LogP contribution in [0.2, 0.25) is 0 Å². The number of rotatable bonds is 11. The van der Waals surface area contributed by atoms with Crippen molar-refractivity contribution in [3.8, 4) is 17.0 Å². The van der Waals surface area contributed by atoms with Gasteiger partial charge in [0.15, 0.2) is 4.80 Å². The van der Waals surface area contributed by atoms with Gasteiger partial charge >= 0.3 is 6.36 Å². The lowest BCUT2D eigenvalue weighted by Gasteiger charge is -2.12. The van der Waals surface area contributed by atoms with Crippen molar-refractivity contribution in [1.29, 1.82) is 0 Å². The largest absolute Gasteiger partial charge is 0.573 e. The average Bonchev–Trinajstić information content (AvgIpc) is 3.60. The fraction of sp³-hybridized carbons (Fsp3) is 0.370. The number of unbranched alkanes of at least 4 members (excludes halogenated alkanes) is 1. The fourth-order valence-electron chi connectivity index (χ4n) is 3.68. The molecule has 0 unspecified atom stereocenters. The molecule has 37 heavy (non-hydrogen) atoms. The Labute approximate surface area is 217 Å². The smallest absolute Gasteiger partial charge is 0.406 e.